The van der Waals surface area contributed by atoms with Gasteiger partial charge in [-0.05, 0) is 60.5 Å². The molecule has 1 unspecified atom stereocenters. The third-order valence-electron chi connectivity index (χ3n) is 6.13. The standard InChI is InChI=1S/C28H23BrFNO4/c1-2-3-4-14-34-21-11-8-17(9-12-21)25-24-26(32)22-16-19(30)10-13-23(22)35-27(24)28(33)31(25)20-7-5-6-18(29)15-20/h5-13,15-16,25H,2-4,14H2,1H3. The molecule has 1 aromatic heterocycles. The topological polar surface area (TPSA) is 59.8 Å². The highest BCUT2D eigenvalue weighted by Crippen LogP contribution is 2.42. The predicted octanol–water partition coefficient (Wildman–Crippen LogP) is 7.01. The zero-order chi connectivity index (χ0) is 24.5. The van der Waals surface area contributed by atoms with Gasteiger partial charge < -0.3 is 9.15 Å². The van der Waals surface area contributed by atoms with Crippen molar-refractivity contribution in [1.82, 2.24) is 0 Å². The van der Waals surface area contributed by atoms with Crippen molar-refractivity contribution in [2.24, 2.45) is 0 Å². The van der Waals surface area contributed by atoms with E-state index in [1.54, 1.807) is 11.0 Å². The Labute approximate surface area is 210 Å². The molecule has 0 saturated carbocycles. The molecule has 0 bridgehead atoms. The molecule has 5 rings (SSSR count). The number of hydrogen-bond acceptors (Lipinski definition) is 4. The van der Waals surface area contributed by atoms with Crippen molar-refractivity contribution in [3.63, 3.8) is 0 Å². The summed E-state index contributed by atoms with van der Waals surface area (Å²) in [5.41, 5.74) is 1.28. The van der Waals surface area contributed by atoms with Crippen LogP contribution in [0.25, 0.3) is 11.0 Å². The lowest BCUT2D eigenvalue weighted by molar-refractivity contribution is 0.0971. The first-order valence-electron chi connectivity index (χ1n) is 11.6. The number of amides is 1. The van der Waals surface area contributed by atoms with Gasteiger partial charge in [-0.25, -0.2) is 4.39 Å². The molecule has 1 aliphatic heterocycles. The second kappa shape index (κ2) is 9.66. The van der Waals surface area contributed by atoms with Crippen LogP contribution >= 0.6 is 15.9 Å². The molecule has 2 heterocycles. The normalized spacial score (nSPS) is 15.0. The Morgan fingerprint density at radius 1 is 1.03 bits per heavy atom. The molecule has 1 atom stereocenters. The van der Waals surface area contributed by atoms with Crippen LogP contribution in [0.3, 0.4) is 0 Å². The zero-order valence-corrected chi connectivity index (χ0v) is 20.7. The van der Waals surface area contributed by atoms with Gasteiger partial charge in [-0.2, -0.15) is 0 Å². The average Bonchev–Trinajstić information content (AvgIpc) is 3.15. The molecule has 1 aliphatic rings. The monoisotopic (exact) mass is 535 g/mol. The second-order valence-electron chi connectivity index (χ2n) is 8.50. The summed E-state index contributed by atoms with van der Waals surface area (Å²) in [6.07, 6.45) is 3.19. The Kier molecular flexibility index (Phi) is 6.43. The number of carbonyl (C=O) groups excluding carboxylic acids is 1. The highest BCUT2D eigenvalue weighted by molar-refractivity contribution is 9.10. The SMILES string of the molecule is CCCCCOc1ccc(C2c3c(oc4ccc(F)cc4c3=O)C(=O)N2c2cccc(Br)c2)cc1. The summed E-state index contributed by atoms with van der Waals surface area (Å²) in [7, 11) is 0. The van der Waals surface area contributed by atoms with Crippen molar-refractivity contribution in [2.75, 3.05) is 11.5 Å². The van der Waals surface area contributed by atoms with Gasteiger partial charge in [0.05, 0.1) is 23.6 Å². The van der Waals surface area contributed by atoms with Crippen LogP contribution in [0.15, 0.2) is 80.4 Å². The second-order valence-corrected chi connectivity index (χ2v) is 9.41. The minimum Gasteiger partial charge on any atom is -0.494 e. The predicted molar refractivity (Wildman–Crippen MR) is 137 cm³/mol. The largest absolute Gasteiger partial charge is 0.494 e. The van der Waals surface area contributed by atoms with E-state index >= 15 is 0 Å². The summed E-state index contributed by atoms with van der Waals surface area (Å²) in [6.45, 7) is 2.77. The number of halogens is 2. The summed E-state index contributed by atoms with van der Waals surface area (Å²) in [5.74, 6) is -0.277. The van der Waals surface area contributed by atoms with E-state index in [1.807, 2.05) is 42.5 Å². The minimum absolute atomic E-state index is 0.0287. The average molecular weight is 536 g/mol. The number of benzene rings is 3. The maximum Gasteiger partial charge on any atom is 0.295 e. The number of nitrogens with zero attached hydrogens (tertiary/aromatic N) is 1. The van der Waals surface area contributed by atoms with Crippen molar-refractivity contribution < 1.29 is 18.3 Å². The molecule has 0 N–H and O–H groups in total. The van der Waals surface area contributed by atoms with Crippen LogP contribution in [0.1, 0.15) is 53.9 Å². The first-order valence-corrected chi connectivity index (χ1v) is 12.4. The van der Waals surface area contributed by atoms with Crippen LogP contribution in [-0.4, -0.2) is 12.5 Å². The Morgan fingerprint density at radius 3 is 2.57 bits per heavy atom. The number of ether oxygens (including phenoxy) is 1. The molecule has 178 valence electrons. The summed E-state index contributed by atoms with van der Waals surface area (Å²) in [4.78, 5) is 28.7. The molecule has 7 heteroatoms. The minimum atomic E-state index is -0.732. The van der Waals surface area contributed by atoms with Crippen molar-refractivity contribution >= 4 is 38.5 Å². The fraction of sp³-hybridized carbons (Fsp3) is 0.214. The third-order valence-corrected chi connectivity index (χ3v) is 6.62. The van der Waals surface area contributed by atoms with Crippen LogP contribution in [0.2, 0.25) is 0 Å². The van der Waals surface area contributed by atoms with Crippen LogP contribution in [-0.2, 0) is 0 Å². The van der Waals surface area contributed by atoms with Gasteiger partial charge in [0.15, 0.2) is 5.43 Å². The summed E-state index contributed by atoms with van der Waals surface area (Å²) in [6, 6.07) is 17.7. The quantitative estimate of drug-likeness (QED) is 0.239. The van der Waals surface area contributed by atoms with Gasteiger partial charge in [-0.1, -0.05) is 53.9 Å². The third kappa shape index (κ3) is 4.36. The fourth-order valence-electron chi connectivity index (χ4n) is 4.44. The van der Waals surface area contributed by atoms with Crippen molar-refractivity contribution in [3.8, 4) is 5.75 Å². The van der Waals surface area contributed by atoms with E-state index in [-0.39, 0.29) is 22.3 Å². The first-order chi connectivity index (χ1) is 17.0. The van der Waals surface area contributed by atoms with Gasteiger partial charge in [0.1, 0.15) is 17.1 Å². The van der Waals surface area contributed by atoms with Crippen LogP contribution in [0.5, 0.6) is 5.75 Å². The first kappa shape index (κ1) is 23.3. The lowest BCUT2D eigenvalue weighted by Crippen LogP contribution is -2.29. The fourth-order valence-corrected chi connectivity index (χ4v) is 4.83. The molecule has 1 amide bonds. The number of rotatable bonds is 7. The summed E-state index contributed by atoms with van der Waals surface area (Å²) in [5, 5.41) is 0.105. The van der Waals surface area contributed by atoms with Gasteiger partial charge in [-0.15, -0.1) is 0 Å². The van der Waals surface area contributed by atoms with Crippen molar-refractivity contribution in [3.05, 3.63) is 104 Å². The molecule has 0 saturated heterocycles. The summed E-state index contributed by atoms with van der Waals surface area (Å²) >= 11 is 3.46. The molecule has 0 spiro atoms. The molecule has 0 aliphatic carbocycles. The molecule has 35 heavy (non-hydrogen) atoms. The van der Waals surface area contributed by atoms with Crippen LogP contribution < -0.4 is 15.1 Å². The Morgan fingerprint density at radius 2 is 1.83 bits per heavy atom. The molecular weight excluding hydrogens is 513 g/mol. The van der Waals surface area contributed by atoms with E-state index in [1.165, 1.54) is 12.1 Å². The van der Waals surface area contributed by atoms with Gasteiger partial charge in [-0.3, -0.25) is 14.5 Å². The highest BCUT2D eigenvalue weighted by atomic mass is 79.9. The van der Waals surface area contributed by atoms with Gasteiger partial charge in [0, 0.05) is 10.2 Å². The van der Waals surface area contributed by atoms with E-state index in [0.717, 1.165) is 41.1 Å². The highest BCUT2D eigenvalue weighted by Gasteiger charge is 2.43. The van der Waals surface area contributed by atoms with E-state index < -0.39 is 23.2 Å². The molecule has 0 fully saturated rings. The lowest BCUT2D eigenvalue weighted by Gasteiger charge is -2.25. The smallest absolute Gasteiger partial charge is 0.295 e. The van der Waals surface area contributed by atoms with Crippen LogP contribution in [0, 0.1) is 5.82 Å². The number of hydrogen-bond donors (Lipinski definition) is 0. The Balaban J connectivity index is 1.63. The van der Waals surface area contributed by atoms with Crippen molar-refractivity contribution in [2.45, 2.75) is 32.2 Å². The number of anilines is 1. The maximum absolute atomic E-state index is 14.0. The number of carbonyl (C=O) groups is 1. The van der Waals surface area contributed by atoms with Crippen molar-refractivity contribution in [1.29, 1.82) is 0 Å². The zero-order valence-electron chi connectivity index (χ0n) is 19.1. The molecular formula is C28H23BrFNO4. The maximum atomic E-state index is 14.0. The van der Waals surface area contributed by atoms with Crippen LogP contribution in [0.4, 0.5) is 10.1 Å². The Hall–Kier alpha value is -3.45. The molecule has 3 aromatic carbocycles. The summed E-state index contributed by atoms with van der Waals surface area (Å²) < 4.78 is 26.5. The van der Waals surface area contributed by atoms with Gasteiger partial charge in [0.25, 0.3) is 5.91 Å². The Bertz CT molecular complexity index is 1460. The number of fused-ring (bicyclic) bond motifs is 2. The van der Waals surface area contributed by atoms with Gasteiger partial charge >= 0.3 is 0 Å². The molecule has 0 radical (unpaired) electrons. The van der Waals surface area contributed by atoms with E-state index in [4.69, 9.17) is 9.15 Å². The molecule has 5 nitrogen and oxygen atoms in total. The van der Waals surface area contributed by atoms with Gasteiger partial charge in [0.2, 0.25) is 5.76 Å². The van der Waals surface area contributed by atoms with E-state index in [2.05, 4.69) is 22.9 Å². The molecule has 4 aromatic rings. The lowest BCUT2D eigenvalue weighted by atomic mass is 9.98. The number of unbranched alkanes of at least 4 members (excludes halogenated alkanes) is 2. The van der Waals surface area contributed by atoms with E-state index in [9.17, 15) is 14.0 Å². The van der Waals surface area contributed by atoms with E-state index in [0.29, 0.717) is 12.3 Å².